The molecule has 0 aliphatic carbocycles. The highest BCUT2D eigenvalue weighted by molar-refractivity contribution is 14.0. The molecule has 0 saturated heterocycles. The van der Waals surface area contributed by atoms with Crippen LogP contribution in [0.3, 0.4) is 0 Å². The fourth-order valence-corrected chi connectivity index (χ4v) is 1.58. The molecule has 0 atom stereocenters. The van der Waals surface area contributed by atoms with Gasteiger partial charge in [-0.1, -0.05) is 6.07 Å². The molecule has 21 heavy (non-hydrogen) atoms. The number of halogens is 1. The quantitative estimate of drug-likeness (QED) is 0.425. The van der Waals surface area contributed by atoms with Gasteiger partial charge in [0.15, 0.2) is 15.8 Å². The van der Waals surface area contributed by atoms with E-state index in [0.29, 0.717) is 5.75 Å². The highest BCUT2D eigenvalue weighted by Crippen LogP contribution is 2.17. The Morgan fingerprint density at radius 2 is 2.05 bits per heavy atom. The van der Waals surface area contributed by atoms with Crippen LogP contribution in [-0.2, 0) is 9.84 Å². The van der Waals surface area contributed by atoms with Crippen molar-refractivity contribution >= 4 is 45.5 Å². The van der Waals surface area contributed by atoms with E-state index in [2.05, 4.69) is 10.3 Å². The molecule has 1 aromatic carbocycles. The van der Waals surface area contributed by atoms with Crippen molar-refractivity contribution in [2.24, 2.45) is 10.7 Å². The number of sulfone groups is 1. The van der Waals surface area contributed by atoms with Crippen LogP contribution in [0.15, 0.2) is 29.3 Å². The Bertz CT molecular complexity index is 600. The number of nitrogens with zero attached hydrogens (tertiary/aromatic N) is 1. The minimum absolute atomic E-state index is 0. The fraction of sp³-hybridized carbons (Fsp3) is 0.462. The van der Waals surface area contributed by atoms with E-state index in [0.717, 1.165) is 5.69 Å². The number of nitrogens with one attached hydrogen (secondary N) is 1. The molecule has 0 spiro atoms. The van der Waals surface area contributed by atoms with E-state index < -0.39 is 14.6 Å². The summed E-state index contributed by atoms with van der Waals surface area (Å²) < 4.78 is 27.3. The highest BCUT2D eigenvalue weighted by Gasteiger charge is 2.29. The van der Waals surface area contributed by atoms with Gasteiger partial charge in [0, 0.05) is 18.0 Å². The molecule has 0 fully saturated rings. The Morgan fingerprint density at radius 3 is 2.57 bits per heavy atom. The topological polar surface area (TPSA) is 93.8 Å². The number of methoxy groups -OCH3 is 1. The summed E-state index contributed by atoms with van der Waals surface area (Å²) in [6, 6.07) is 7.21. The molecule has 1 rings (SSSR count). The Morgan fingerprint density at radius 1 is 1.43 bits per heavy atom. The van der Waals surface area contributed by atoms with Crippen molar-refractivity contribution in [2.45, 2.75) is 18.6 Å². The van der Waals surface area contributed by atoms with Gasteiger partial charge in [0.25, 0.3) is 0 Å². The van der Waals surface area contributed by atoms with E-state index in [1.165, 1.54) is 6.26 Å². The second-order valence-corrected chi connectivity index (χ2v) is 7.74. The number of nitrogens with two attached hydrogens (primary N) is 1. The molecule has 120 valence electrons. The van der Waals surface area contributed by atoms with Crippen LogP contribution in [0.2, 0.25) is 0 Å². The maximum absolute atomic E-state index is 11.6. The Balaban J connectivity index is 0.00000400. The van der Waals surface area contributed by atoms with Gasteiger partial charge in [-0.3, -0.25) is 4.99 Å². The van der Waals surface area contributed by atoms with Crippen LogP contribution in [0.5, 0.6) is 5.75 Å². The molecule has 6 nitrogen and oxygen atoms in total. The second-order valence-electron chi connectivity index (χ2n) is 5.09. The van der Waals surface area contributed by atoms with Crippen LogP contribution in [0.25, 0.3) is 0 Å². The molecule has 0 saturated carbocycles. The molecule has 8 heteroatoms. The molecular weight excluding hydrogens is 405 g/mol. The third-order valence-corrected chi connectivity index (χ3v) is 5.11. The Labute approximate surface area is 143 Å². The lowest BCUT2D eigenvalue weighted by molar-refractivity contribution is 0.415. The first kappa shape index (κ1) is 20.0. The third-order valence-electron chi connectivity index (χ3n) is 2.98. The molecule has 1 aromatic rings. The molecule has 0 amide bonds. The molecule has 0 aliphatic rings. The van der Waals surface area contributed by atoms with Crippen LogP contribution < -0.4 is 15.8 Å². The fourth-order valence-electron chi connectivity index (χ4n) is 1.28. The van der Waals surface area contributed by atoms with Crippen molar-refractivity contribution in [1.29, 1.82) is 0 Å². The maximum Gasteiger partial charge on any atom is 0.193 e. The monoisotopic (exact) mass is 427 g/mol. The zero-order valence-corrected chi connectivity index (χ0v) is 15.7. The molecule has 0 heterocycles. The smallest absolute Gasteiger partial charge is 0.193 e. The zero-order chi connectivity index (χ0) is 15.4. The van der Waals surface area contributed by atoms with Gasteiger partial charge in [-0.15, -0.1) is 24.0 Å². The van der Waals surface area contributed by atoms with E-state index in [-0.39, 0.29) is 36.5 Å². The summed E-state index contributed by atoms with van der Waals surface area (Å²) in [7, 11) is -1.62. The number of benzene rings is 1. The Hall–Kier alpha value is -1.03. The normalized spacial score (nSPS) is 12.5. The molecule has 0 bridgehead atoms. The first-order chi connectivity index (χ1) is 9.15. The van der Waals surface area contributed by atoms with E-state index >= 15 is 0 Å². The van der Waals surface area contributed by atoms with Crippen LogP contribution in [-0.4, -0.2) is 39.0 Å². The molecule has 0 aromatic heterocycles. The van der Waals surface area contributed by atoms with Crippen LogP contribution in [0.4, 0.5) is 5.69 Å². The van der Waals surface area contributed by atoms with E-state index in [1.54, 1.807) is 27.0 Å². The van der Waals surface area contributed by atoms with Crippen molar-refractivity contribution in [2.75, 3.05) is 25.2 Å². The van der Waals surface area contributed by atoms with Crippen LogP contribution in [0.1, 0.15) is 13.8 Å². The van der Waals surface area contributed by atoms with Crippen molar-refractivity contribution in [3.63, 3.8) is 0 Å². The van der Waals surface area contributed by atoms with E-state index in [9.17, 15) is 8.42 Å². The Kier molecular flexibility index (Phi) is 7.45. The lowest BCUT2D eigenvalue weighted by atomic mass is 10.2. The summed E-state index contributed by atoms with van der Waals surface area (Å²) in [4.78, 5) is 4.08. The minimum atomic E-state index is -3.19. The number of ether oxygens (including phenoxy) is 1. The van der Waals surface area contributed by atoms with Gasteiger partial charge >= 0.3 is 0 Å². The minimum Gasteiger partial charge on any atom is -0.497 e. The summed E-state index contributed by atoms with van der Waals surface area (Å²) in [5.41, 5.74) is 6.48. The third kappa shape index (κ3) is 6.08. The van der Waals surface area contributed by atoms with E-state index in [4.69, 9.17) is 10.5 Å². The first-order valence-electron chi connectivity index (χ1n) is 6.06. The largest absolute Gasteiger partial charge is 0.497 e. The second kappa shape index (κ2) is 7.83. The zero-order valence-electron chi connectivity index (χ0n) is 12.6. The number of hydrogen-bond donors (Lipinski definition) is 2. The molecule has 0 radical (unpaired) electrons. The molecular formula is C13H22IN3O3S. The van der Waals surface area contributed by atoms with Crippen molar-refractivity contribution in [1.82, 2.24) is 0 Å². The summed E-state index contributed by atoms with van der Waals surface area (Å²) in [6.07, 6.45) is 1.19. The van der Waals surface area contributed by atoms with Gasteiger partial charge in [-0.05, 0) is 26.0 Å². The molecule has 0 unspecified atom stereocenters. The van der Waals surface area contributed by atoms with Gasteiger partial charge < -0.3 is 15.8 Å². The predicted octanol–water partition coefficient (Wildman–Crippen LogP) is 1.86. The van der Waals surface area contributed by atoms with E-state index in [1.807, 2.05) is 18.2 Å². The first-order valence-corrected chi connectivity index (χ1v) is 7.95. The van der Waals surface area contributed by atoms with Crippen LogP contribution >= 0.6 is 24.0 Å². The number of aliphatic imine (C=N–C) groups is 1. The van der Waals surface area contributed by atoms with Gasteiger partial charge in [-0.25, -0.2) is 8.42 Å². The number of rotatable bonds is 5. The van der Waals surface area contributed by atoms with Gasteiger partial charge in [0.2, 0.25) is 0 Å². The number of guanidine groups is 1. The number of hydrogen-bond acceptors (Lipinski definition) is 4. The summed E-state index contributed by atoms with van der Waals surface area (Å²) in [6.45, 7) is 3.32. The summed E-state index contributed by atoms with van der Waals surface area (Å²) in [5.74, 6) is 0.856. The van der Waals surface area contributed by atoms with Gasteiger partial charge in [-0.2, -0.15) is 0 Å². The van der Waals surface area contributed by atoms with Crippen molar-refractivity contribution < 1.29 is 13.2 Å². The van der Waals surface area contributed by atoms with Crippen LogP contribution in [0, 0.1) is 0 Å². The summed E-state index contributed by atoms with van der Waals surface area (Å²) >= 11 is 0. The molecule has 0 aliphatic heterocycles. The van der Waals surface area contributed by atoms with Crippen molar-refractivity contribution in [3.8, 4) is 5.75 Å². The standard InChI is InChI=1S/C13H21N3O3S.HI/c1-13(2,20(4,17)18)9-15-12(14)16-10-6-5-7-11(8-10)19-3;/h5-8H,9H2,1-4H3,(H3,14,15,16);1H. The lowest BCUT2D eigenvalue weighted by Gasteiger charge is -2.20. The van der Waals surface area contributed by atoms with Crippen molar-refractivity contribution in [3.05, 3.63) is 24.3 Å². The van der Waals surface area contributed by atoms with Gasteiger partial charge in [0.1, 0.15) is 5.75 Å². The highest BCUT2D eigenvalue weighted by atomic mass is 127. The summed E-state index contributed by atoms with van der Waals surface area (Å²) in [5, 5.41) is 2.89. The SMILES string of the molecule is COc1cccc(NC(N)=NCC(C)(C)S(C)(=O)=O)c1.I. The van der Waals surface area contributed by atoms with Gasteiger partial charge in [0.05, 0.1) is 18.4 Å². The molecule has 3 N–H and O–H groups in total. The lowest BCUT2D eigenvalue weighted by Crippen LogP contribution is -2.36. The maximum atomic E-state index is 11.6. The predicted molar refractivity (Wildman–Crippen MR) is 97.4 cm³/mol. The average Bonchev–Trinajstić information content (AvgIpc) is 2.35. The average molecular weight is 427 g/mol. The number of anilines is 1.